The van der Waals surface area contributed by atoms with Gasteiger partial charge in [0, 0.05) is 22.4 Å². The zero-order chi connectivity index (χ0) is 15.9. The number of hydrogen-bond donors (Lipinski definition) is 1. The normalized spacial score (nSPS) is 18.6. The highest BCUT2D eigenvalue weighted by Crippen LogP contribution is 2.43. The second-order valence-corrected chi connectivity index (χ2v) is 5.68. The lowest BCUT2D eigenvalue weighted by molar-refractivity contribution is -0.178. The van der Waals surface area contributed by atoms with Gasteiger partial charge >= 0.3 is 0 Å². The van der Waals surface area contributed by atoms with Crippen molar-refractivity contribution in [3.05, 3.63) is 58.6 Å². The Morgan fingerprint density at radius 2 is 1.96 bits per heavy atom. The maximum Gasteiger partial charge on any atom is 0.289 e. The molecule has 2 aromatic carbocycles. The maximum absolute atomic E-state index is 12.2. The van der Waals surface area contributed by atoms with E-state index in [1.165, 1.54) is 0 Å². The van der Waals surface area contributed by atoms with Gasteiger partial charge in [-0.1, -0.05) is 29.8 Å². The molecule has 1 saturated heterocycles. The van der Waals surface area contributed by atoms with Crippen molar-refractivity contribution < 1.29 is 14.3 Å². The fourth-order valence-corrected chi connectivity index (χ4v) is 2.93. The number of halogens is 1. The minimum absolute atomic E-state index is 0.294. The molecule has 0 aliphatic carbocycles. The number of fused-ring (bicyclic) bond motifs is 2. The van der Waals surface area contributed by atoms with E-state index in [1.807, 2.05) is 30.3 Å². The molecule has 0 unspecified atom stereocenters. The van der Waals surface area contributed by atoms with Crippen molar-refractivity contribution in [2.45, 2.75) is 5.79 Å². The van der Waals surface area contributed by atoms with Crippen molar-refractivity contribution >= 4 is 35.1 Å². The summed E-state index contributed by atoms with van der Waals surface area (Å²) in [5.41, 5.74) is 2.87. The van der Waals surface area contributed by atoms with Crippen molar-refractivity contribution in [1.82, 2.24) is 0 Å². The molecule has 0 bridgehead atoms. The maximum atomic E-state index is 12.2. The van der Waals surface area contributed by atoms with E-state index in [9.17, 15) is 4.79 Å². The molecular weight excluding hydrogens is 316 g/mol. The lowest BCUT2D eigenvalue weighted by Crippen LogP contribution is -2.35. The molecule has 0 saturated carbocycles. The Balaban J connectivity index is 1.70. The fourth-order valence-electron chi connectivity index (χ4n) is 2.74. The summed E-state index contributed by atoms with van der Waals surface area (Å²) in [6.07, 6.45) is 1.69. The van der Waals surface area contributed by atoms with Gasteiger partial charge in [0.15, 0.2) is 0 Å². The van der Waals surface area contributed by atoms with Crippen molar-refractivity contribution in [2.24, 2.45) is 4.99 Å². The molecule has 4 rings (SSSR count). The highest BCUT2D eigenvalue weighted by atomic mass is 35.5. The standard InChI is InChI=1S/C17H13ClN2O3/c18-14-4-2-1-3-11(14)10-19-12-5-6-15-13(9-12)17(16(21)20-15)22-7-8-23-17/h1-6,9-10H,7-8H2,(H,20,21). The Morgan fingerprint density at radius 3 is 2.74 bits per heavy atom. The van der Waals surface area contributed by atoms with Gasteiger partial charge in [0.1, 0.15) is 0 Å². The van der Waals surface area contributed by atoms with Gasteiger partial charge in [-0.05, 0) is 24.3 Å². The van der Waals surface area contributed by atoms with E-state index in [0.29, 0.717) is 35.2 Å². The van der Waals surface area contributed by atoms with Crippen molar-refractivity contribution in [3.8, 4) is 0 Å². The number of ether oxygens (including phenoxy) is 2. The number of carbonyl (C=O) groups is 1. The minimum atomic E-state index is -1.33. The number of rotatable bonds is 2. The summed E-state index contributed by atoms with van der Waals surface area (Å²) in [7, 11) is 0. The number of nitrogens with zero attached hydrogens (tertiary/aromatic N) is 1. The van der Waals surface area contributed by atoms with Crippen LogP contribution in [-0.2, 0) is 20.1 Å². The monoisotopic (exact) mass is 328 g/mol. The van der Waals surface area contributed by atoms with Crippen LogP contribution in [0.5, 0.6) is 0 Å². The van der Waals surface area contributed by atoms with Gasteiger partial charge < -0.3 is 14.8 Å². The SMILES string of the molecule is O=C1Nc2ccc(N=Cc3ccccc3Cl)cc2C12OCCO2. The first-order chi connectivity index (χ1) is 11.2. The Hall–Kier alpha value is -2.21. The van der Waals surface area contributed by atoms with E-state index in [-0.39, 0.29) is 5.91 Å². The van der Waals surface area contributed by atoms with E-state index in [1.54, 1.807) is 18.3 Å². The van der Waals surface area contributed by atoms with E-state index in [2.05, 4.69) is 10.3 Å². The van der Waals surface area contributed by atoms with Crippen LogP contribution in [0.3, 0.4) is 0 Å². The summed E-state index contributed by atoms with van der Waals surface area (Å²) < 4.78 is 11.1. The molecule has 2 aliphatic heterocycles. The van der Waals surface area contributed by atoms with E-state index < -0.39 is 5.79 Å². The number of hydrogen-bond acceptors (Lipinski definition) is 4. The molecule has 5 nitrogen and oxygen atoms in total. The summed E-state index contributed by atoms with van der Waals surface area (Å²) in [6, 6.07) is 12.9. The highest BCUT2D eigenvalue weighted by molar-refractivity contribution is 6.33. The molecule has 0 aromatic heterocycles. The zero-order valence-electron chi connectivity index (χ0n) is 12.1. The molecule has 1 fully saturated rings. The summed E-state index contributed by atoms with van der Waals surface area (Å²) in [4.78, 5) is 16.6. The number of nitrogens with one attached hydrogen (secondary N) is 1. The number of carbonyl (C=O) groups excluding carboxylic acids is 1. The average molecular weight is 329 g/mol. The quantitative estimate of drug-likeness (QED) is 0.861. The third-order valence-electron chi connectivity index (χ3n) is 3.86. The summed E-state index contributed by atoms with van der Waals surface area (Å²) in [5.74, 6) is -1.62. The predicted octanol–water partition coefficient (Wildman–Crippen LogP) is 3.24. The second-order valence-electron chi connectivity index (χ2n) is 5.28. The molecule has 0 radical (unpaired) electrons. The molecule has 116 valence electrons. The largest absolute Gasteiger partial charge is 0.336 e. The first kappa shape index (κ1) is 14.4. The van der Waals surface area contributed by atoms with E-state index in [4.69, 9.17) is 21.1 Å². The Morgan fingerprint density at radius 1 is 1.17 bits per heavy atom. The molecule has 0 atom stereocenters. The van der Waals surface area contributed by atoms with Crippen LogP contribution in [0, 0.1) is 0 Å². The van der Waals surface area contributed by atoms with E-state index >= 15 is 0 Å². The molecular formula is C17H13ClN2O3. The summed E-state index contributed by atoms with van der Waals surface area (Å²) >= 11 is 6.12. The zero-order valence-corrected chi connectivity index (χ0v) is 12.8. The Bertz CT molecular complexity index is 813. The van der Waals surface area contributed by atoms with Crippen LogP contribution >= 0.6 is 11.6 Å². The van der Waals surface area contributed by atoms with Crippen molar-refractivity contribution in [1.29, 1.82) is 0 Å². The molecule has 2 heterocycles. The van der Waals surface area contributed by atoms with Gasteiger partial charge in [0.2, 0.25) is 0 Å². The topological polar surface area (TPSA) is 59.9 Å². The second kappa shape index (κ2) is 5.45. The number of aliphatic imine (C=N–C) groups is 1. The van der Waals surface area contributed by atoms with Crippen LogP contribution in [0.15, 0.2) is 47.5 Å². The van der Waals surface area contributed by atoms with Gasteiger partial charge in [0.25, 0.3) is 11.7 Å². The molecule has 2 aliphatic rings. The first-order valence-corrected chi connectivity index (χ1v) is 7.59. The van der Waals surface area contributed by atoms with Crippen LogP contribution in [-0.4, -0.2) is 25.3 Å². The molecule has 23 heavy (non-hydrogen) atoms. The molecule has 1 N–H and O–H groups in total. The lowest BCUT2D eigenvalue weighted by Gasteiger charge is -2.19. The summed E-state index contributed by atoms with van der Waals surface area (Å²) in [6.45, 7) is 0.778. The van der Waals surface area contributed by atoms with Crippen LogP contribution in [0.2, 0.25) is 5.02 Å². The highest BCUT2D eigenvalue weighted by Gasteiger charge is 2.52. The Kier molecular flexibility index (Phi) is 3.41. The fraction of sp³-hybridized carbons (Fsp3) is 0.176. The van der Waals surface area contributed by atoms with Gasteiger partial charge in [-0.3, -0.25) is 9.79 Å². The van der Waals surface area contributed by atoms with Gasteiger partial charge in [-0.2, -0.15) is 0 Å². The van der Waals surface area contributed by atoms with Crippen LogP contribution in [0.4, 0.5) is 11.4 Å². The molecule has 1 spiro atoms. The van der Waals surface area contributed by atoms with Gasteiger partial charge in [0.05, 0.1) is 24.6 Å². The van der Waals surface area contributed by atoms with Gasteiger partial charge in [-0.15, -0.1) is 0 Å². The Labute approximate surface area is 137 Å². The molecule has 1 amide bonds. The van der Waals surface area contributed by atoms with Crippen LogP contribution in [0.1, 0.15) is 11.1 Å². The average Bonchev–Trinajstić information content (AvgIpc) is 3.15. The van der Waals surface area contributed by atoms with E-state index in [0.717, 1.165) is 5.56 Å². The molecule has 2 aromatic rings. The smallest absolute Gasteiger partial charge is 0.289 e. The van der Waals surface area contributed by atoms with Crippen LogP contribution < -0.4 is 5.32 Å². The lowest BCUT2D eigenvalue weighted by atomic mass is 10.1. The predicted molar refractivity (Wildman–Crippen MR) is 87.4 cm³/mol. The van der Waals surface area contributed by atoms with Crippen molar-refractivity contribution in [2.75, 3.05) is 18.5 Å². The third kappa shape index (κ3) is 2.34. The van der Waals surface area contributed by atoms with Gasteiger partial charge in [-0.25, -0.2) is 0 Å². The first-order valence-electron chi connectivity index (χ1n) is 7.21. The number of anilines is 1. The minimum Gasteiger partial charge on any atom is -0.336 e. The number of benzene rings is 2. The molecule has 6 heteroatoms. The number of amides is 1. The van der Waals surface area contributed by atoms with Crippen LogP contribution in [0.25, 0.3) is 0 Å². The third-order valence-corrected chi connectivity index (χ3v) is 4.20. The van der Waals surface area contributed by atoms with Crippen molar-refractivity contribution in [3.63, 3.8) is 0 Å². The summed E-state index contributed by atoms with van der Waals surface area (Å²) in [5, 5.41) is 3.41.